The third kappa shape index (κ3) is 3.53. The van der Waals surface area contributed by atoms with Crippen LogP contribution in [0.3, 0.4) is 0 Å². The van der Waals surface area contributed by atoms with Gasteiger partial charge in [-0.1, -0.05) is 29.8 Å². The van der Waals surface area contributed by atoms with Crippen molar-refractivity contribution in [1.82, 2.24) is 9.78 Å². The second-order valence-electron chi connectivity index (χ2n) is 5.28. The minimum absolute atomic E-state index is 0.0302. The van der Waals surface area contributed by atoms with Gasteiger partial charge in [0.25, 0.3) is 5.56 Å². The van der Waals surface area contributed by atoms with Crippen LogP contribution in [0.25, 0.3) is 11.3 Å². The zero-order valence-corrected chi connectivity index (χ0v) is 13.3. The van der Waals surface area contributed by atoms with E-state index in [2.05, 4.69) is 5.10 Å². The molecule has 0 aliphatic carbocycles. The van der Waals surface area contributed by atoms with Gasteiger partial charge in [-0.25, -0.2) is 9.07 Å². The van der Waals surface area contributed by atoms with Crippen LogP contribution in [0.15, 0.2) is 65.5 Å². The first kappa shape index (κ1) is 16.4. The molecule has 3 aromatic rings. The number of nitrogens with zero attached hydrogens (tertiary/aromatic N) is 2. The molecule has 2 aromatic carbocycles. The molecule has 24 heavy (non-hydrogen) atoms. The lowest BCUT2D eigenvalue weighted by molar-refractivity contribution is 0.149. The molecular weight excluding hydrogens is 331 g/mol. The first-order valence-electron chi connectivity index (χ1n) is 7.31. The van der Waals surface area contributed by atoms with Gasteiger partial charge in [-0.15, -0.1) is 0 Å². The zero-order valence-electron chi connectivity index (χ0n) is 12.6. The van der Waals surface area contributed by atoms with E-state index in [-0.39, 0.29) is 17.9 Å². The van der Waals surface area contributed by atoms with Crippen molar-refractivity contribution in [2.45, 2.75) is 12.6 Å². The van der Waals surface area contributed by atoms with Crippen LogP contribution >= 0.6 is 11.6 Å². The molecular formula is C18H14ClFN2O2. The van der Waals surface area contributed by atoms with Crippen molar-refractivity contribution in [3.8, 4) is 11.3 Å². The van der Waals surface area contributed by atoms with Gasteiger partial charge in [0, 0.05) is 22.2 Å². The van der Waals surface area contributed by atoms with Gasteiger partial charge in [-0.2, -0.15) is 5.10 Å². The molecule has 0 aliphatic heterocycles. The third-order valence-corrected chi connectivity index (χ3v) is 3.96. The van der Waals surface area contributed by atoms with E-state index in [1.807, 2.05) is 0 Å². The van der Waals surface area contributed by atoms with Crippen molar-refractivity contribution in [3.63, 3.8) is 0 Å². The molecule has 0 spiro atoms. The van der Waals surface area contributed by atoms with Crippen molar-refractivity contribution < 1.29 is 9.50 Å². The van der Waals surface area contributed by atoms with Crippen LogP contribution in [0, 0.1) is 5.82 Å². The number of aliphatic hydroxyl groups excluding tert-OH is 1. The van der Waals surface area contributed by atoms with Crippen molar-refractivity contribution >= 4 is 11.6 Å². The summed E-state index contributed by atoms with van der Waals surface area (Å²) in [6.07, 6.45) is -0.965. The Labute approximate surface area is 142 Å². The molecule has 122 valence electrons. The molecule has 0 saturated heterocycles. The van der Waals surface area contributed by atoms with Crippen molar-refractivity contribution in [3.05, 3.63) is 87.4 Å². The van der Waals surface area contributed by atoms with E-state index in [0.717, 1.165) is 0 Å². The predicted octanol–water partition coefficient (Wildman–Crippen LogP) is 3.44. The maximum absolute atomic E-state index is 13.0. The molecule has 1 heterocycles. The number of rotatable bonds is 4. The highest BCUT2D eigenvalue weighted by molar-refractivity contribution is 6.31. The topological polar surface area (TPSA) is 55.1 Å². The Morgan fingerprint density at radius 1 is 1.08 bits per heavy atom. The maximum atomic E-state index is 13.0. The summed E-state index contributed by atoms with van der Waals surface area (Å²) < 4.78 is 14.2. The molecule has 1 N–H and O–H groups in total. The van der Waals surface area contributed by atoms with Gasteiger partial charge >= 0.3 is 0 Å². The monoisotopic (exact) mass is 344 g/mol. The summed E-state index contributed by atoms with van der Waals surface area (Å²) in [5.41, 5.74) is 1.38. The molecule has 6 heteroatoms. The molecule has 0 saturated carbocycles. The Kier molecular flexibility index (Phi) is 4.74. The highest BCUT2D eigenvalue weighted by Gasteiger charge is 2.14. The van der Waals surface area contributed by atoms with Crippen LogP contribution in [-0.4, -0.2) is 14.9 Å². The van der Waals surface area contributed by atoms with Crippen LogP contribution in [0.5, 0.6) is 0 Å². The number of benzene rings is 2. The lowest BCUT2D eigenvalue weighted by Gasteiger charge is -2.14. The molecule has 1 atom stereocenters. The molecule has 0 amide bonds. The normalized spacial score (nSPS) is 12.1. The maximum Gasteiger partial charge on any atom is 0.266 e. The van der Waals surface area contributed by atoms with E-state index >= 15 is 0 Å². The average molecular weight is 345 g/mol. The summed E-state index contributed by atoms with van der Waals surface area (Å²) in [4.78, 5) is 12.0. The number of hydrogen-bond donors (Lipinski definition) is 1. The Morgan fingerprint density at radius 3 is 2.50 bits per heavy atom. The Morgan fingerprint density at radius 2 is 1.79 bits per heavy atom. The van der Waals surface area contributed by atoms with E-state index in [1.165, 1.54) is 22.9 Å². The Hall–Kier alpha value is -2.50. The minimum Gasteiger partial charge on any atom is -0.386 e. The fourth-order valence-corrected chi connectivity index (χ4v) is 2.62. The Balaban J connectivity index is 1.91. The lowest BCUT2D eigenvalue weighted by Crippen LogP contribution is -2.25. The van der Waals surface area contributed by atoms with E-state index in [4.69, 9.17) is 11.6 Å². The second-order valence-corrected chi connectivity index (χ2v) is 5.69. The van der Waals surface area contributed by atoms with Crippen LogP contribution in [0.1, 0.15) is 11.7 Å². The largest absolute Gasteiger partial charge is 0.386 e. The van der Waals surface area contributed by atoms with Crippen LogP contribution in [-0.2, 0) is 6.54 Å². The smallest absolute Gasteiger partial charge is 0.266 e. The highest BCUT2D eigenvalue weighted by atomic mass is 35.5. The number of hydrogen-bond acceptors (Lipinski definition) is 3. The third-order valence-electron chi connectivity index (χ3n) is 3.62. The highest BCUT2D eigenvalue weighted by Crippen LogP contribution is 2.23. The van der Waals surface area contributed by atoms with Crippen LogP contribution < -0.4 is 5.56 Å². The van der Waals surface area contributed by atoms with Crippen molar-refractivity contribution in [1.29, 1.82) is 0 Å². The van der Waals surface area contributed by atoms with Gasteiger partial charge in [-0.3, -0.25) is 4.79 Å². The molecule has 4 nitrogen and oxygen atoms in total. The Bertz CT molecular complexity index is 909. The lowest BCUT2D eigenvalue weighted by atomic mass is 10.1. The van der Waals surface area contributed by atoms with Crippen LogP contribution in [0.2, 0.25) is 5.02 Å². The second kappa shape index (κ2) is 6.95. The summed E-state index contributed by atoms with van der Waals surface area (Å²) in [5.74, 6) is -0.346. The van der Waals surface area contributed by atoms with Crippen molar-refractivity contribution in [2.24, 2.45) is 0 Å². The molecule has 0 aliphatic rings. The average Bonchev–Trinajstić information content (AvgIpc) is 2.58. The number of aromatic nitrogens is 2. The summed E-state index contributed by atoms with van der Waals surface area (Å²) in [6, 6.07) is 15.6. The van der Waals surface area contributed by atoms with Gasteiger partial charge in [0.15, 0.2) is 0 Å². The van der Waals surface area contributed by atoms with Gasteiger partial charge < -0.3 is 5.11 Å². The van der Waals surface area contributed by atoms with Crippen molar-refractivity contribution in [2.75, 3.05) is 0 Å². The van der Waals surface area contributed by atoms with Gasteiger partial charge in [0.1, 0.15) is 11.9 Å². The fourth-order valence-electron chi connectivity index (χ4n) is 2.36. The molecule has 0 radical (unpaired) electrons. The molecule has 0 bridgehead atoms. The SMILES string of the molecule is O=c1ccc(-c2ccc(F)cc2)nn1C[C@H](O)c1ccccc1Cl. The van der Waals surface area contributed by atoms with Crippen LogP contribution in [0.4, 0.5) is 4.39 Å². The summed E-state index contributed by atoms with van der Waals surface area (Å²) in [6.45, 7) is -0.0302. The van der Waals surface area contributed by atoms with E-state index in [0.29, 0.717) is 21.8 Å². The van der Waals surface area contributed by atoms with Gasteiger partial charge in [0.05, 0.1) is 12.2 Å². The van der Waals surface area contributed by atoms with E-state index in [9.17, 15) is 14.3 Å². The van der Waals surface area contributed by atoms with E-state index < -0.39 is 6.10 Å². The molecule has 0 unspecified atom stereocenters. The summed E-state index contributed by atoms with van der Waals surface area (Å²) in [5, 5.41) is 15.0. The summed E-state index contributed by atoms with van der Waals surface area (Å²) in [7, 11) is 0. The molecule has 0 fully saturated rings. The minimum atomic E-state index is -0.965. The standard InChI is InChI=1S/C18H14ClFN2O2/c19-15-4-2-1-3-14(15)17(23)11-22-18(24)10-9-16(21-22)12-5-7-13(20)8-6-12/h1-10,17,23H,11H2/t17-/m0/s1. The van der Waals surface area contributed by atoms with Gasteiger partial charge in [0.2, 0.25) is 0 Å². The molecule has 1 aromatic heterocycles. The first-order valence-corrected chi connectivity index (χ1v) is 7.69. The summed E-state index contributed by atoms with van der Waals surface area (Å²) >= 11 is 6.06. The van der Waals surface area contributed by atoms with E-state index in [1.54, 1.807) is 42.5 Å². The molecule has 3 rings (SSSR count). The quantitative estimate of drug-likeness (QED) is 0.788. The predicted molar refractivity (Wildman–Crippen MR) is 90.3 cm³/mol. The van der Waals surface area contributed by atoms with Gasteiger partial charge in [-0.05, 0) is 36.4 Å². The zero-order chi connectivity index (χ0) is 17.1. The number of aliphatic hydroxyl groups is 1. The number of halogens is 2. The first-order chi connectivity index (χ1) is 11.5. The fraction of sp³-hybridized carbons (Fsp3) is 0.111.